The Hall–Kier alpha value is -1.36. The Bertz CT molecular complexity index is 347. The number of hydrogen-bond donors (Lipinski definition) is 1. The van der Waals surface area contributed by atoms with Crippen molar-refractivity contribution >= 4 is 5.97 Å². The first-order valence-electron chi connectivity index (χ1n) is 5.40. The standard InChI is InChI=1S/C11H19N3O2/c1-9(2)6-14(8-11(15)16)7-10-4-5-13(3)12-10/h4-5,9H,6-8H2,1-3H3,(H,15,16). The first-order chi connectivity index (χ1) is 7.47. The minimum Gasteiger partial charge on any atom is -0.480 e. The minimum atomic E-state index is -0.795. The van der Waals surface area contributed by atoms with Crippen LogP contribution in [0.5, 0.6) is 0 Å². The fourth-order valence-electron chi connectivity index (χ4n) is 1.67. The van der Waals surface area contributed by atoms with E-state index in [4.69, 9.17) is 5.11 Å². The van der Waals surface area contributed by atoms with Crippen molar-refractivity contribution in [1.29, 1.82) is 0 Å². The van der Waals surface area contributed by atoms with Crippen LogP contribution >= 0.6 is 0 Å². The van der Waals surface area contributed by atoms with E-state index in [1.807, 2.05) is 24.2 Å². The van der Waals surface area contributed by atoms with Crippen LogP contribution in [0.1, 0.15) is 19.5 Å². The maximum absolute atomic E-state index is 10.7. The van der Waals surface area contributed by atoms with Gasteiger partial charge in [0.25, 0.3) is 0 Å². The van der Waals surface area contributed by atoms with E-state index in [1.165, 1.54) is 0 Å². The van der Waals surface area contributed by atoms with Gasteiger partial charge in [0.05, 0.1) is 12.2 Å². The third kappa shape index (κ3) is 4.44. The summed E-state index contributed by atoms with van der Waals surface area (Å²) in [6.45, 7) is 5.57. The summed E-state index contributed by atoms with van der Waals surface area (Å²) >= 11 is 0. The van der Waals surface area contributed by atoms with Gasteiger partial charge in [-0.3, -0.25) is 14.4 Å². The largest absolute Gasteiger partial charge is 0.480 e. The first-order valence-corrected chi connectivity index (χ1v) is 5.40. The monoisotopic (exact) mass is 225 g/mol. The highest BCUT2D eigenvalue weighted by molar-refractivity contribution is 5.69. The van der Waals surface area contributed by atoms with Gasteiger partial charge in [-0.1, -0.05) is 13.8 Å². The second-order valence-corrected chi connectivity index (χ2v) is 4.44. The molecule has 0 spiro atoms. The topological polar surface area (TPSA) is 58.4 Å². The molecule has 0 amide bonds. The Kier molecular flexibility index (Phi) is 4.49. The molecular weight excluding hydrogens is 206 g/mol. The number of aromatic nitrogens is 2. The van der Waals surface area contributed by atoms with Gasteiger partial charge >= 0.3 is 5.97 Å². The maximum Gasteiger partial charge on any atom is 0.317 e. The van der Waals surface area contributed by atoms with Crippen LogP contribution in [0.3, 0.4) is 0 Å². The van der Waals surface area contributed by atoms with E-state index in [1.54, 1.807) is 4.68 Å². The molecule has 1 aromatic heterocycles. The fourth-order valence-corrected chi connectivity index (χ4v) is 1.67. The van der Waals surface area contributed by atoms with Crippen molar-refractivity contribution in [3.63, 3.8) is 0 Å². The summed E-state index contributed by atoms with van der Waals surface area (Å²) in [4.78, 5) is 12.6. The van der Waals surface area contributed by atoms with Crippen molar-refractivity contribution in [3.8, 4) is 0 Å². The minimum absolute atomic E-state index is 0.0642. The second-order valence-electron chi connectivity index (χ2n) is 4.44. The Balaban J connectivity index is 2.58. The van der Waals surface area contributed by atoms with Crippen LogP contribution in [0.25, 0.3) is 0 Å². The highest BCUT2D eigenvalue weighted by Crippen LogP contribution is 2.05. The number of nitrogens with zero attached hydrogens (tertiary/aromatic N) is 3. The molecule has 1 heterocycles. The van der Waals surface area contributed by atoms with Crippen molar-refractivity contribution < 1.29 is 9.90 Å². The number of hydrogen-bond acceptors (Lipinski definition) is 3. The van der Waals surface area contributed by atoms with Gasteiger partial charge in [-0.2, -0.15) is 5.10 Å². The first kappa shape index (κ1) is 12.7. The van der Waals surface area contributed by atoms with E-state index in [0.29, 0.717) is 12.5 Å². The molecule has 0 bridgehead atoms. The Morgan fingerprint density at radius 1 is 1.62 bits per heavy atom. The molecule has 0 aliphatic carbocycles. The zero-order valence-corrected chi connectivity index (χ0v) is 10.1. The number of aliphatic carboxylic acids is 1. The molecular formula is C11H19N3O2. The van der Waals surface area contributed by atoms with Gasteiger partial charge in [0, 0.05) is 26.3 Å². The molecule has 1 aromatic rings. The predicted molar refractivity (Wildman–Crippen MR) is 61.0 cm³/mol. The molecule has 5 heteroatoms. The summed E-state index contributed by atoms with van der Waals surface area (Å²) < 4.78 is 1.73. The summed E-state index contributed by atoms with van der Waals surface area (Å²) in [6.07, 6.45) is 1.86. The van der Waals surface area contributed by atoms with Gasteiger partial charge in [-0.25, -0.2) is 0 Å². The molecule has 0 saturated heterocycles. The molecule has 0 fully saturated rings. The molecule has 16 heavy (non-hydrogen) atoms. The van der Waals surface area contributed by atoms with Crippen LogP contribution in [0, 0.1) is 5.92 Å². The van der Waals surface area contributed by atoms with Crippen LogP contribution in [0.4, 0.5) is 0 Å². The van der Waals surface area contributed by atoms with E-state index < -0.39 is 5.97 Å². The van der Waals surface area contributed by atoms with Crippen LogP contribution in [-0.4, -0.2) is 38.8 Å². The van der Waals surface area contributed by atoms with Crippen LogP contribution in [-0.2, 0) is 18.4 Å². The van der Waals surface area contributed by atoms with Crippen LogP contribution in [0.2, 0.25) is 0 Å². The molecule has 5 nitrogen and oxygen atoms in total. The van der Waals surface area contributed by atoms with Gasteiger partial charge in [-0.05, 0) is 12.0 Å². The number of carbonyl (C=O) groups is 1. The number of carboxylic acid groups (broad SMARTS) is 1. The third-order valence-corrected chi connectivity index (χ3v) is 2.14. The molecule has 0 saturated carbocycles. The van der Waals surface area contributed by atoms with Crippen molar-refractivity contribution in [2.45, 2.75) is 20.4 Å². The Morgan fingerprint density at radius 2 is 2.31 bits per heavy atom. The van der Waals surface area contributed by atoms with Gasteiger partial charge in [0.2, 0.25) is 0 Å². The predicted octanol–water partition coefficient (Wildman–Crippen LogP) is 0.963. The molecule has 1 N–H and O–H groups in total. The fraction of sp³-hybridized carbons (Fsp3) is 0.636. The SMILES string of the molecule is CC(C)CN(CC(=O)O)Cc1ccn(C)n1. The van der Waals surface area contributed by atoms with Gasteiger partial charge in [0.15, 0.2) is 0 Å². The molecule has 0 unspecified atom stereocenters. The van der Waals surface area contributed by atoms with Crippen LogP contribution < -0.4 is 0 Å². The van der Waals surface area contributed by atoms with E-state index in [0.717, 1.165) is 12.2 Å². The highest BCUT2D eigenvalue weighted by Gasteiger charge is 2.13. The average Bonchev–Trinajstić information content (AvgIpc) is 2.48. The summed E-state index contributed by atoms with van der Waals surface area (Å²) in [7, 11) is 1.85. The lowest BCUT2D eigenvalue weighted by molar-refractivity contribution is -0.138. The van der Waals surface area contributed by atoms with Gasteiger partial charge in [-0.15, -0.1) is 0 Å². The molecule has 0 radical (unpaired) electrons. The van der Waals surface area contributed by atoms with Crippen molar-refractivity contribution in [3.05, 3.63) is 18.0 Å². The van der Waals surface area contributed by atoms with Gasteiger partial charge < -0.3 is 5.11 Å². The zero-order chi connectivity index (χ0) is 12.1. The van der Waals surface area contributed by atoms with E-state index >= 15 is 0 Å². The molecule has 0 aliphatic heterocycles. The molecule has 1 rings (SSSR count). The summed E-state index contributed by atoms with van der Waals surface area (Å²) in [5.41, 5.74) is 0.907. The molecule has 0 atom stereocenters. The lowest BCUT2D eigenvalue weighted by Crippen LogP contribution is -2.32. The van der Waals surface area contributed by atoms with Crippen molar-refractivity contribution in [2.75, 3.05) is 13.1 Å². The third-order valence-electron chi connectivity index (χ3n) is 2.14. The number of carboxylic acids is 1. The van der Waals surface area contributed by atoms with Gasteiger partial charge in [0.1, 0.15) is 0 Å². The highest BCUT2D eigenvalue weighted by atomic mass is 16.4. The molecule has 90 valence electrons. The Morgan fingerprint density at radius 3 is 2.75 bits per heavy atom. The quantitative estimate of drug-likeness (QED) is 0.783. The number of rotatable bonds is 6. The molecule has 0 aromatic carbocycles. The Labute approximate surface area is 95.7 Å². The maximum atomic E-state index is 10.7. The normalized spacial score (nSPS) is 11.3. The second kappa shape index (κ2) is 5.65. The summed E-state index contributed by atoms with van der Waals surface area (Å²) in [5, 5.41) is 13.1. The van der Waals surface area contributed by atoms with E-state index in [-0.39, 0.29) is 6.54 Å². The average molecular weight is 225 g/mol. The summed E-state index contributed by atoms with van der Waals surface area (Å²) in [6, 6.07) is 1.91. The van der Waals surface area contributed by atoms with Crippen LogP contribution in [0.15, 0.2) is 12.3 Å². The van der Waals surface area contributed by atoms with E-state index in [2.05, 4.69) is 18.9 Å². The summed E-state index contributed by atoms with van der Waals surface area (Å²) in [5.74, 6) is -0.348. The van der Waals surface area contributed by atoms with E-state index in [9.17, 15) is 4.79 Å². The lowest BCUT2D eigenvalue weighted by atomic mass is 10.2. The van der Waals surface area contributed by atoms with Crippen molar-refractivity contribution in [2.24, 2.45) is 13.0 Å². The smallest absolute Gasteiger partial charge is 0.317 e. The zero-order valence-electron chi connectivity index (χ0n) is 10.1. The lowest BCUT2D eigenvalue weighted by Gasteiger charge is -2.21. The number of aryl methyl sites for hydroxylation is 1. The molecule has 0 aliphatic rings. The van der Waals surface area contributed by atoms with Crippen molar-refractivity contribution in [1.82, 2.24) is 14.7 Å².